The number of guanidine groups is 1. The molecule has 0 saturated heterocycles. The molecule has 1 unspecified atom stereocenters. The Hall–Kier alpha value is -1.51. The van der Waals surface area contributed by atoms with Crippen LogP contribution in [0.3, 0.4) is 0 Å². The first-order valence-corrected chi connectivity index (χ1v) is 6.63. The van der Waals surface area contributed by atoms with Crippen molar-refractivity contribution in [2.45, 2.75) is 39.2 Å². The van der Waals surface area contributed by atoms with Crippen molar-refractivity contribution >= 4 is 11.6 Å². The molecule has 1 atom stereocenters. The highest BCUT2D eigenvalue weighted by Gasteiger charge is 2.58. The molecule has 3 rings (SSSR count). The van der Waals surface area contributed by atoms with E-state index in [-0.39, 0.29) is 5.54 Å². The second kappa shape index (κ2) is 3.50. The van der Waals surface area contributed by atoms with E-state index >= 15 is 0 Å². The third-order valence-electron chi connectivity index (χ3n) is 4.83. The molecule has 1 fully saturated rings. The van der Waals surface area contributed by atoms with E-state index in [9.17, 15) is 0 Å². The highest BCUT2D eigenvalue weighted by Crippen LogP contribution is 2.57. The molecule has 1 aliphatic heterocycles. The van der Waals surface area contributed by atoms with Gasteiger partial charge < -0.3 is 10.6 Å². The molecular formula is C15H21N3. The minimum atomic E-state index is 0.0326. The van der Waals surface area contributed by atoms with E-state index in [1.54, 1.807) is 0 Å². The number of benzene rings is 1. The molecule has 2 N–H and O–H groups in total. The van der Waals surface area contributed by atoms with Gasteiger partial charge in [0.05, 0.1) is 12.1 Å². The highest BCUT2D eigenvalue weighted by molar-refractivity contribution is 5.98. The van der Waals surface area contributed by atoms with Crippen LogP contribution in [0.1, 0.15) is 32.3 Å². The normalized spacial score (nSPS) is 29.3. The van der Waals surface area contributed by atoms with Gasteiger partial charge in [0, 0.05) is 5.69 Å². The van der Waals surface area contributed by atoms with Gasteiger partial charge in [-0.05, 0) is 49.8 Å². The summed E-state index contributed by atoms with van der Waals surface area (Å²) in [5.74, 6) is 0.663. The Balaban J connectivity index is 2.05. The van der Waals surface area contributed by atoms with E-state index in [1.807, 2.05) is 0 Å². The highest BCUT2D eigenvalue weighted by atomic mass is 15.4. The first kappa shape index (κ1) is 11.6. The predicted molar refractivity (Wildman–Crippen MR) is 75.9 cm³/mol. The number of nitrogens with two attached hydrogens (primary N) is 1. The number of aryl methyl sites for hydroxylation is 1. The summed E-state index contributed by atoms with van der Waals surface area (Å²) in [5.41, 5.74) is 8.95. The zero-order chi connectivity index (χ0) is 13.0. The molecule has 0 spiro atoms. The Morgan fingerprint density at radius 2 is 2.00 bits per heavy atom. The smallest absolute Gasteiger partial charge is 0.196 e. The van der Waals surface area contributed by atoms with Crippen LogP contribution in [-0.2, 0) is 0 Å². The fourth-order valence-electron chi connectivity index (χ4n) is 3.00. The van der Waals surface area contributed by atoms with Gasteiger partial charge in [0.15, 0.2) is 5.96 Å². The van der Waals surface area contributed by atoms with Crippen molar-refractivity contribution in [3.05, 3.63) is 29.8 Å². The Morgan fingerprint density at radius 3 is 2.61 bits per heavy atom. The van der Waals surface area contributed by atoms with Crippen molar-refractivity contribution in [2.75, 3.05) is 11.4 Å². The Morgan fingerprint density at radius 1 is 1.28 bits per heavy atom. The van der Waals surface area contributed by atoms with Crippen molar-refractivity contribution in [1.29, 1.82) is 0 Å². The first-order chi connectivity index (χ1) is 8.46. The van der Waals surface area contributed by atoms with E-state index in [1.165, 1.54) is 24.1 Å². The van der Waals surface area contributed by atoms with Crippen molar-refractivity contribution < 1.29 is 0 Å². The fraction of sp³-hybridized carbons (Fsp3) is 0.533. The largest absolute Gasteiger partial charge is 0.369 e. The minimum absolute atomic E-state index is 0.0326. The summed E-state index contributed by atoms with van der Waals surface area (Å²) in [4.78, 5) is 6.75. The number of aliphatic imine (C=N–C) groups is 1. The van der Waals surface area contributed by atoms with Crippen LogP contribution in [0.25, 0.3) is 0 Å². The summed E-state index contributed by atoms with van der Waals surface area (Å²) < 4.78 is 0. The van der Waals surface area contributed by atoms with Crippen LogP contribution in [0.15, 0.2) is 29.3 Å². The van der Waals surface area contributed by atoms with Gasteiger partial charge in [0.1, 0.15) is 0 Å². The zero-order valence-corrected chi connectivity index (χ0v) is 11.4. The lowest BCUT2D eigenvalue weighted by atomic mass is 9.82. The van der Waals surface area contributed by atoms with Gasteiger partial charge in [-0.1, -0.05) is 19.1 Å². The Labute approximate surface area is 109 Å². The van der Waals surface area contributed by atoms with E-state index < -0.39 is 0 Å². The molecule has 2 aliphatic rings. The molecule has 3 nitrogen and oxygen atoms in total. The molecule has 0 aromatic heterocycles. The summed E-state index contributed by atoms with van der Waals surface area (Å²) in [7, 11) is 0. The third kappa shape index (κ3) is 1.46. The number of rotatable bonds is 2. The molecular weight excluding hydrogens is 222 g/mol. The number of hydrogen-bond donors (Lipinski definition) is 1. The third-order valence-corrected chi connectivity index (χ3v) is 4.83. The number of hydrogen-bond acceptors (Lipinski definition) is 3. The molecule has 0 amide bonds. The van der Waals surface area contributed by atoms with Crippen molar-refractivity contribution in [3.63, 3.8) is 0 Å². The van der Waals surface area contributed by atoms with Gasteiger partial charge in [-0.2, -0.15) is 0 Å². The minimum Gasteiger partial charge on any atom is -0.369 e. The Bertz CT molecular complexity index is 516. The quantitative estimate of drug-likeness (QED) is 0.867. The summed E-state index contributed by atoms with van der Waals surface area (Å²) in [6.07, 6.45) is 2.54. The lowest BCUT2D eigenvalue weighted by molar-refractivity contribution is 0.318. The van der Waals surface area contributed by atoms with Crippen LogP contribution in [0, 0.1) is 12.3 Å². The number of anilines is 1. The summed E-state index contributed by atoms with van der Waals surface area (Å²) in [5, 5.41) is 0. The maximum absolute atomic E-state index is 6.14. The molecule has 1 saturated carbocycles. The van der Waals surface area contributed by atoms with E-state index in [0.717, 1.165) is 6.54 Å². The van der Waals surface area contributed by atoms with E-state index in [2.05, 4.69) is 54.9 Å². The average Bonchev–Trinajstić information content (AvgIpc) is 2.99. The van der Waals surface area contributed by atoms with E-state index in [4.69, 9.17) is 5.73 Å². The second-order valence-corrected chi connectivity index (χ2v) is 6.18. The van der Waals surface area contributed by atoms with Gasteiger partial charge in [0.2, 0.25) is 0 Å². The Kier molecular flexibility index (Phi) is 2.25. The SMILES string of the molecule is Cc1cccc(N2C(N)=NCC2(C)C2(C)CC2)c1. The van der Waals surface area contributed by atoms with Gasteiger partial charge in [-0.15, -0.1) is 0 Å². The van der Waals surface area contributed by atoms with Gasteiger partial charge in [-0.25, -0.2) is 0 Å². The van der Waals surface area contributed by atoms with Gasteiger partial charge in [-0.3, -0.25) is 4.99 Å². The summed E-state index contributed by atoms with van der Waals surface area (Å²) in [6, 6.07) is 8.53. The fourth-order valence-corrected chi connectivity index (χ4v) is 3.00. The van der Waals surface area contributed by atoms with Crippen molar-refractivity contribution in [1.82, 2.24) is 0 Å². The van der Waals surface area contributed by atoms with Crippen LogP contribution in [-0.4, -0.2) is 18.0 Å². The molecule has 1 heterocycles. The second-order valence-electron chi connectivity index (χ2n) is 6.18. The lowest BCUT2D eigenvalue weighted by Gasteiger charge is -2.41. The molecule has 3 heteroatoms. The molecule has 1 aliphatic carbocycles. The summed E-state index contributed by atoms with van der Waals surface area (Å²) in [6.45, 7) is 7.57. The monoisotopic (exact) mass is 243 g/mol. The van der Waals surface area contributed by atoms with Crippen LogP contribution in [0.2, 0.25) is 0 Å². The van der Waals surface area contributed by atoms with Gasteiger partial charge >= 0.3 is 0 Å². The zero-order valence-electron chi connectivity index (χ0n) is 11.4. The molecule has 18 heavy (non-hydrogen) atoms. The predicted octanol–water partition coefficient (Wildman–Crippen LogP) is 2.69. The molecule has 0 bridgehead atoms. The number of nitrogens with zero attached hydrogens (tertiary/aromatic N) is 2. The maximum Gasteiger partial charge on any atom is 0.196 e. The van der Waals surface area contributed by atoms with Crippen molar-refractivity contribution in [2.24, 2.45) is 16.1 Å². The van der Waals surface area contributed by atoms with Gasteiger partial charge in [0.25, 0.3) is 0 Å². The van der Waals surface area contributed by atoms with Crippen LogP contribution < -0.4 is 10.6 Å². The average molecular weight is 243 g/mol. The lowest BCUT2D eigenvalue weighted by Crippen LogP contribution is -2.55. The molecule has 1 aromatic carbocycles. The summed E-state index contributed by atoms with van der Waals surface area (Å²) >= 11 is 0. The molecule has 0 radical (unpaired) electrons. The van der Waals surface area contributed by atoms with Crippen LogP contribution in [0.5, 0.6) is 0 Å². The standard InChI is InChI=1S/C15H21N3/c1-11-5-4-6-12(9-11)18-13(16)17-10-15(18,3)14(2)7-8-14/h4-6,9H,7-8,10H2,1-3H3,(H2,16,17). The van der Waals surface area contributed by atoms with E-state index in [0.29, 0.717) is 11.4 Å². The molecule has 1 aromatic rings. The first-order valence-electron chi connectivity index (χ1n) is 6.63. The topological polar surface area (TPSA) is 41.6 Å². The van der Waals surface area contributed by atoms with Crippen LogP contribution >= 0.6 is 0 Å². The maximum atomic E-state index is 6.14. The molecule has 96 valence electrons. The van der Waals surface area contributed by atoms with Crippen LogP contribution in [0.4, 0.5) is 5.69 Å². The van der Waals surface area contributed by atoms with Crippen molar-refractivity contribution in [3.8, 4) is 0 Å².